The van der Waals surface area contributed by atoms with Gasteiger partial charge in [0.2, 0.25) is 0 Å². The van der Waals surface area contributed by atoms with E-state index in [4.69, 9.17) is 0 Å². The summed E-state index contributed by atoms with van der Waals surface area (Å²) in [5.74, 6) is -0.304. The molecule has 2 heterocycles. The lowest BCUT2D eigenvalue weighted by Crippen LogP contribution is -2.25. The number of nitrogens with zero attached hydrogens (tertiary/aromatic N) is 2. The van der Waals surface area contributed by atoms with E-state index in [-0.39, 0.29) is 11.8 Å². The molecule has 1 aliphatic rings. The number of nitrogens with one attached hydrogen (secondary N) is 2. The normalized spacial score (nSPS) is 13.4. The average Bonchev–Trinajstić information content (AvgIpc) is 3.19. The summed E-state index contributed by atoms with van der Waals surface area (Å²) in [6.45, 7) is 3.86. The van der Waals surface area contributed by atoms with Crippen molar-refractivity contribution < 1.29 is 9.59 Å². The number of aromatic nitrogens is 2. The second-order valence-electron chi connectivity index (χ2n) is 6.72. The van der Waals surface area contributed by atoms with E-state index >= 15 is 0 Å². The van der Waals surface area contributed by atoms with Crippen LogP contribution < -0.4 is 10.6 Å². The van der Waals surface area contributed by atoms with E-state index in [0.29, 0.717) is 22.9 Å². The maximum Gasteiger partial charge on any atom is 0.257 e. The Labute approximate surface area is 161 Å². The van der Waals surface area contributed by atoms with E-state index in [0.717, 1.165) is 29.4 Å². The fourth-order valence-corrected chi connectivity index (χ4v) is 3.80. The fraction of sp³-hybridized carbons (Fsp3) is 0.250. The molecule has 0 spiro atoms. The molecule has 2 N–H and O–H groups in total. The first kappa shape index (κ1) is 17.5. The van der Waals surface area contributed by atoms with Crippen LogP contribution in [0.1, 0.15) is 44.9 Å². The summed E-state index contributed by atoms with van der Waals surface area (Å²) in [7, 11) is 0. The van der Waals surface area contributed by atoms with E-state index in [9.17, 15) is 9.59 Å². The van der Waals surface area contributed by atoms with Gasteiger partial charge >= 0.3 is 0 Å². The molecule has 0 aliphatic heterocycles. The molecule has 0 atom stereocenters. The van der Waals surface area contributed by atoms with Crippen molar-refractivity contribution in [1.29, 1.82) is 0 Å². The lowest BCUT2D eigenvalue weighted by atomic mass is 10.1. The van der Waals surface area contributed by atoms with Gasteiger partial charge in [-0.1, -0.05) is 6.07 Å². The largest absolute Gasteiger partial charge is 0.349 e. The lowest BCUT2D eigenvalue weighted by molar-refractivity contribution is 0.0949. The highest BCUT2D eigenvalue weighted by molar-refractivity contribution is 7.12. The van der Waals surface area contributed by atoms with E-state index in [1.54, 1.807) is 30.5 Å². The van der Waals surface area contributed by atoms with Gasteiger partial charge in [0.1, 0.15) is 0 Å². The van der Waals surface area contributed by atoms with Crippen molar-refractivity contribution in [2.24, 2.45) is 0 Å². The topological polar surface area (TPSA) is 76.0 Å². The first-order chi connectivity index (χ1) is 13.0. The molecule has 4 rings (SSSR count). The Hall–Kier alpha value is -2.93. The Morgan fingerprint density at radius 3 is 2.70 bits per heavy atom. The predicted octanol–water partition coefficient (Wildman–Crippen LogP) is 3.70. The van der Waals surface area contributed by atoms with Gasteiger partial charge in [-0.15, -0.1) is 11.3 Å². The highest BCUT2D eigenvalue weighted by Crippen LogP contribution is 2.24. The van der Waals surface area contributed by atoms with Crippen LogP contribution in [-0.4, -0.2) is 27.4 Å². The zero-order valence-corrected chi connectivity index (χ0v) is 16.0. The number of carbonyl (C=O) groups is 2. The minimum absolute atomic E-state index is 0.101. The summed E-state index contributed by atoms with van der Waals surface area (Å²) in [5.41, 5.74) is 3.53. The molecule has 0 saturated heterocycles. The highest BCUT2D eigenvalue weighted by Gasteiger charge is 2.24. The minimum Gasteiger partial charge on any atom is -0.349 e. The predicted molar refractivity (Wildman–Crippen MR) is 106 cm³/mol. The SMILES string of the molecule is Cc1cc(C(=O)Nc2cccc(C(=O)NC3CC3)c2)c(C)n1-c1nccs1. The van der Waals surface area contributed by atoms with Crippen LogP contribution in [0.4, 0.5) is 5.69 Å². The summed E-state index contributed by atoms with van der Waals surface area (Å²) in [6.07, 6.45) is 3.82. The lowest BCUT2D eigenvalue weighted by Gasteiger charge is -2.09. The van der Waals surface area contributed by atoms with Gasteiger partial charge in [0, 0.05) is 40.3 Å². The highest BCUT2D eigenvalue weighted by atomic mass is 32.1. The first-order valence-corrected chi connectivity index (χ1v) is 9.72. The maximum atomic E-state index is 12.8. The Bertz CT molecular complexity index is 1000. The quantitative estimate of drug-likeness (QED) is 0.709. The van der Waals surface area contributed by atoms with E-state index in [1.165, 1.54) is 11.3 Å². The molecule has 2 aromatic heterocycles. The fourth-order valence-electron chi connectivity index (χ4n) is 3.05. The second-order valence-corrected chi connectivity index (χ2v) is 7.59. The van der Waals surface area contributed by atoms with Gasteiger partial charge in [-0.05, 0) is 51.0 Å². The smallest absolute Gasteiger partial charge is 0.257 e. The van der Waals surface area contributed by atoms with Crippen LogP contribution in [0.2, 0.25) is 0 Å². The van der Waals surface area contributed by atoms with Crippen molar-refractivity contribution in [1.82, 2.24) is 14.9 Å². The third kappa shape index (κ3) is 3.64. The minimum atomic E-state index is -0.203. The van der Waals surface area contributed by atoms with Crippen LogP contribution in [0.5, 0.6) is 0 Å². The summed E-state index contributed by atoms with van der Waals surface area (Å²) in [4.78, 5) is 29.3. The second kappa shape index (κ2) is 7.00. The molecule has 3 aromatic rings. The maximum absolute atomic E-state index is 12.8. The number of rotatable bonds is 5. The number of anilines is 1. The number of carbonyl (C=O) groups excluding carboxylic acids is 2. The number of thiazole rings is 1. The number of benzene rings is 1. The third-order valence-corrected chi connectivity index (χ3v) is 5.34. The van der Waals surface area contributed by atoms with Gasteiger partial charge in [-0.2, -0.15) is 0 Å². The molecule has 1 aromatic carbocycles. The van der Waals surface area contributed by atoms with Crippen LogP contribution >= 0.6 is 11.3 Å². The number of hydrogen-bond acceptors (Lipinski definition) is 4. The molecule has 6 nitrogen and oxygen atoms in total. The van der Waals surface area contributed by atoms with Crippen LogP contribution in [-0.2, 0) is 0 Å². The molecule has 0 bridgehead atoms. The monoisotopic (exact) mass is 380 g/mol. The van der Waals surface area contributed by atoms with E-state index in [2.05, 4.69) is 15.6 Å². The Morgan fingerprint density at radius 1 is 1.19 bits per heavy atom. The van der Waals surface area contributed by atoms with Crippen molar-refractivity contribution in [3.63, 3.8) is 0 Å². The van der Waals surface area contributed by atoms with Gasteiger partial charge in [0.05, 0.1) is 5.56 Å². The van der Waals surface area contributed by atoms with Gasteiger partial charge in [0.25, 0.3) is 11.8 Å². The molecule has 0 unspecified atom stereocenters. The van der Waals surface area contributed by atoms with Gasteiger partial charge in [-0.3, -0.25) is 14.2 Å². The molecular weight excluding hydrogens is 360 g/mol. The summed E-state index contributed by atoms with van der Waals surface area (Å²) in [5, 5.41) is 8.60. The molecule has 1 fully saturated rings. The van der Waals surface area contributed by atoms with Crippen molar-refractivity contribution in [3.05, 3.63) is 64.4 Å². The van der Waals surface area contributed by atoms with Crippen molar-refractivity contribution in [3.8, 4) is 5.13 Å². The molecular formula is C20H20N4O2S. The summed E-state index contributed by atoms with van der Waals surface area (Å²) in [6, 6.07) is 9.17. The number of hydrogen-bond donors (Lipinski definition) is 2. The molecule has 2 amide bonds. The van der Waals surface area contributed by atoms with Gasteiger partial charge in [0.15, 0.2) is 5.13 Å². The zero-order chi connectivity index (χ0) is 19.0. The average molecular weight is 380 g/mol. The summed E-state index contributed by atoms with van der Waals surface area (Å²) < 4.78 is 1.97. The Morgan fingerprint density at radius 2 is 2.00 bits per heavy atom. The molecule has 138 valence electrons. The number of aryl methyl sites for hydroxylation is 1. The molecule has 1 aliphatic carbocycles. The van der Waals surface area contributed by atoms with Crippen molar-refractivity contribution >= 4 is 28.8 Å². The standard InChI is InChI=1S/C20H20N4O2S/c1-12-10-17(13(2)24(12)20-21-8-9-27-20)19(26)23-16-5-3-4-14(11-16)18(25)22-15-6-7-15/h3-5,8-11,15H,6-7H2,1-2H3,(H,22,25)(H,23,26). The van der Waals surface area contributed by atoms with Gasteiger partial charge < -0.3 is 10.6 Å². The molecule has 7 heteroatoms. The van der Waals surface area contributed by atoms with Crippen LogP contribution in [0, 0.1) is 13.8 Å². The third-order valence-electron chi connectivity index (χ3n) is 4.58. The van der Waals surface area contributed by atoms with Crippen LogP contribution in [0.25, 0.3) is 5.13 Å². The Kier molecular flexibility index (Phi) is 4.53. The van der Waals surface area contributed by atoms with Crippen molar-refractivity contribution in [2.75, 3.05) is 5.32 Å². The first-order valence-electron chi connectivity index (χ1n) is 8.84. The van der Waals surface area contributed by atoms with E-state index in [1.807, 2.05) is 29.9 Å². The van der Waals surface area contributed by atoms with E-state index < -0.39 is 0 Å². The summed E-state index contributed by atoms with van der Waals surface area (Å²) >= 11 is 1.52. The Balaban J connectivity index is 1.54. The van der Waals surface area contributed by atoms with Crippen molar-refractivity contribution in [2.45, 2.75) is 32.7 Å². The van der Waals surface area contributed by atoms with Crippen LogP contribution in [0.15, 0.2) is 41.9 Å². The van der Waals surface area contributed by atoms with Gasteiger partial charge in [-0.25, -0.2) is 4.98 Å². The zero-order valence-electron chi connectivity index (χ0n) is 15.2. The van der Waals surface area contributed by atoms with Crippen LogP contribution in [0.3, 0.4) is 0 Å². The number of amides is 2. The molecule has 27 heavy (non-hydrogen) atoms. The molecule has 0 radical (unpaired) electrons. The molecule has 1 saturated carbocycles.